The van der Waals surface area contributed by atoms with E-state index < -0.39 is 0 Å². The predicted octanol–water partition coefficient (Wildman–Crippen LogP) is 3.69. The minimum absolute atomic E-state index is 0.785. The van der Waals surface area contributed by atoms with Crippen LogP contribution in [0.5, 0.6) is 0 Å². The zero-order valence-corrected chi connectivity index (χ0v) is 11.4. The van der Waals surface area contributed by atoms with E-state index in [1.165, 1.54) is 45.1 Å². The van der Waals surface area contributed by atoms with Crippen LogP contribution in [-0.2, 0) is 0 Å². The molecule has 1 saturated carbocycles. The van der Waals surface area contributed by atoms with E-state index in [4.69, 9.17) is 0 Å². The van der Waals surface area contributed by atoms with Crippen molar-refractivity contribution in [2.45, 2.75) is 63.7 Å². The van der Waals surface area contributed by atoms with Crippen molar-refractivity contribution >= 4 is 11.8 Å². The van der Waals surface area contributed by atoms with Gasteiger partial charge in [0.05, 0.1) is 0 Å². The molecule has 0 aromatic carbocycles. The molecule has 2 heteroatoms. The van der Waals surface area contributed by atoms with E-state index in [1.807, 2.05) is 0 Å². The third-order valence-corrected chi connectivity index (χ3v) is 4.69. The molecular formula is C13H27NS. The predicted molar refractivity (Wildman–Crippen MR) is 71.6 cm³/mol. The van der Waals surface area contributed by atoms with Gasteiger partial charge in [-0.3, -0.25) is 0 Å². The summed E-state index contributed by atoms with van der Waals surface area (Å²) in [5.74, 6) is 0.847. The molecule has 0 heterocycles. The van der Waals surface area contributed by atoms with Crippen LogP contribution in [0.2, 0.25) is 0 Å². The van der Waals surface area contributed by atoms with E-state index >= 15 is 0 Å². The van der Waals surface area contributed by atoms with Gasteiger partial charge in [-0.2, -0.15) is 11.8 Å². The highest BCUT2D eigenvalue weighted by molar-refractivity contribution is 7.99. The van der Waals surface area contributed by atoms with Gasteiger partial charge in [-0.1, -0.05) is 33.1 Å². The van der Waals surface area contributed by atoms with Crippen LogP contribution in [0.3, 0.4) is 0 Å². The van der Waals surface area contributed by atoms with Crippen LogP contribution in [0.25, 0.3) is 0 Å². The zero-order chi connectivity index (χ0) is 11.1. The van der Waals surface area contributed by atoms with E-state index in [0.29, 0.717) is 0 Å². The van der Waals surface area contributed by atoms with E-state index in [2.05, 4.69) is 37.2 Å². The second-order valence-electron chi connectivity index (χ2n) is 4.97. The quantitative estimate of drug-likeness (QED) is 0.745. The molecule has 0 saturated heterocycles. The molecule has 0 aromatic heterocycles. The molecule has 1 fully saturated rings. The molecule has 0 amide bonds. The largest absolute Gasteiger partial charge is 0.313 e. The smallest absolute Gasteiger partial charge is 0.0198 e. The van der Waals surface area contributed by atoms with Gasteiger partial charge < -0.3 is 5.32 Å². The first-order valence-electron chi connectivity index (χ1n) is 6.54. The van der Waals surface area contributed by atoms with Crippen LogP contribution in [0.1, 0.15) is 52.4 Å². The summed E-state index contributed by atoms with van der Waals surface area (Å²) in [4.78, 5) is 0. The Labute approximate surface area is 99.8 Å². The number of rotatable bonds is 6. The number of hydrogen-bond donors (Lipinski definition) is 1. The van der Waals surface area contributed by atoms with Crippen LogP contribution in [0.15, 0.2) is 0 Å². The molecule has 0 aromatic rings. The van der Waals surface area contributed by atoms with Gasteiger partial charge >= 0.3 is 0 Å². The molecule has 1 N–H and O–H groups in total. The fourth-order valence-corrected chi connectivity index (χ4v) is 3.52. The first kappa shape index (κ1) is 13.4. The molecule has 1 rings (SSSR count). The second kappa shape index (κ2) is 7.56. The standard InChI is InChI=1S/C13H27NS/c1-4-7-11(2)10-14-12-8-5-6-9-13(12)15-3/h11-14H,4-10H2,1-3H3. The van der Waals surface area contributed by atoms with Gasteiger partial charge in [-0.25, -0.2) is 0 Å². The molecular weight excluding hydrogens is 202 g/mol. The van der Waals surface area contributed by atoms with Gasteiger partial charge in [0.25, 0.3) is 0 Å². The average Bonchev–Trinajstić information content (AvgIpc) is 2.27. The Morgan fingerprint density at radius 3 is 2.73 bits per heavy atom. The third-order valence-electron chi connectivity index (χ3n) is 3.52. The lowest BCUT2D eigenvalue weighted by Gasteiger charge is -2.32. The first-order valence-corrected chi connectivity index (χ1v) is 7.82. The van der Waals surface area contributed by atoms with Crippen molar-refractivity contribution < 1.29 is 0 Å². The first-order chi connectivity index (χ1) is 7.27. The van der Waals surface area contributed by atoms with Crippen LogP contribution < -0.4 is 5.32 Å². The van der Waals surface area contributed by atoms with Crippen molar-refractivity contribution in [2.24, 2.45) is 5.92 Å². The summed E-state index contributed by atoms with van der Waals surface area (Å²) in [6, 6.07) is 0.785. The van der Waals surface area contributed by atoms with Gasteiger partial charge in [0.15, 0.2) is 0 Å². The maximum absolute atomic E-state index is 3.79. The maximum atomic E-state index is 3.79. The minimum Gasteiger partial charge on any atom is -0.313 e. The maximum Gasteiger partial charge on any atom is 0.0198 e. The van der Waals surface area contributed by atoms with Gasteiger partial charge in [-0.15, -0.1) is 0 Å². The second-order valence-corrected chi connectivity index (χ2v) is 6.04. The average molecular weight is 229 g/mol. The Morgan fingerprint density at radius 2 is 2.07 bits per heavy atom. The Bertz CT molecular complexity index is 161. The molecule has 3 unspecified atom stereocenters. The monoisotopic (exact) mass is 229 g/mol. The minimum atomic E-state index is 0.785. The van der Waals surface area contributed by atoms with E-state index in [0.717, 1.165) is 17.2 Å². The topological polar surface area (TPSA) is 12.0 Å². The fourth-order valence-electron chi connectivity index (χ4n) is 2.56. The van der Waals surface area contributed by atoms with Crippen molar-refractivity contribution in [3.05, 3.63) is 0 Å². The normalized spacial score (nSPS) is 29.0. The van der Waals surface area contributed by atoms with Crippen molar-refractivity contribution in [2.75, 3.05) is 12.8 Å². The van der Waals surface area contributed by atoms with Gasteiger partial charge in [0.2, 0.25) is 0 Å². The highest BCUT2D eigenvalue weighted by Crippen LogP contribution is 2.27. The Morgan fingerprint density at radius 1 is 1.33 bits per heavy atom. The van der Waals surface area contributed by atoms with Crippen LogP contribution in [0.4, 0.5) is 0 Å². The molecule has 3 atom stereocenters. The summed E-state index contributed by atoms with van der Waals surface area (Å²) < 4.78 is 0. The molecule has 1 aliphatic rings. The van der Waals surface area contributed by atoms with Gasteiger partial charge in [-0.05, 0) is 38.0 Å². The Hall–Kier alpha value is 0.310. The highest BCUT2D eigenvalue weighted by atomic mass is 32.2. The molecule has 0 bridgehead atoms. The lowest BCUT2D eigenvalue weighted by atomic mass is 9.94. The summed E-state index contributed by atoms with van der Waals surface area (Å²) in [6.45, 7) is 5.87. The highest BCUT2D eigenvalue weighted by Gasteiger charge is 2.23. The van der Waals surface area contributed by atoms with E-state index in [-0.39, 0.29) is 0 Å². The van der Waals surface area contributed by atoms with Crippen molar-refractivity contribution in [1.82, 2.24) is 5.32 Å². The van der Waals surface area contributed by atoms with Gasteiger partial charge in [0.1, 0.15) is 0 Å². The number of hydrogen-bond acceptors (Lipinski definition) is 2. The summed E-state index contributed by atoms with van der Waals surface area (Å²) in [5, 5.41) is 4.65. The van der Waals surface area contributed by atoms with Crippen molar-refractivity contribution in [3.8, 4) is 0 Å². The fraction of sp³-hybridized carbons (Fsp3) is 1.00. The molecule has 15 heavy (non-hydrogen) atoms. The summed E-state index contributed by atoms with van der Waals surface area (Å²) in [5.41, 5.74) is 0. The summed E-state index contributed by atoms with van der Waals surface area (Å²) in [6.07, 6.45) is 10.6. The third kappa shape index (κ3) is 4.78. The molecule has 1 aliphatic carbocycles. The van der Waals surface area contributed by atoms with E-state index in [9.17, 15) is 0 Å². The summed E-state index contributed by atoms with van der Waals surface area (Å²) in [7, 11) is 0. The lowest BCUT2D eigenvalue weighted by molar-refractivity contribution is 0.354. The van der Waals surface area contributed by atoms with Crippen LogP contribution >= 0.6 is 11.8 Å². The Balaban J connectivity index is 2.22. The lowest BCUT2D eigenvalue weighted by Crippen LogP contribution is -2.42. The SMILES string of the molecule is CCCC(C)CNC1CCCCC1SC. The molecule has 0 aliphatic heterocycles. The van der Waals surface area contributed by atoms with Crippen molar-refractivity contribution in [3.63, 3.8) is 0 Å². The van der Waals surface area contributed by atoms with E-state index in [1.54, 1.807) is 0 Å². The number of thioether (sulfide) groups is 1. The van der Waals surface area contributed by atoms with Crippen molar-refractivity contribution in [1.29, 1.82) is 0 Å². The zero-order valence-electron chi connectivity index (χ0n) is 10.6. The number of nitrogens with one attached hydrogen (secondary N) is 1. The Kier molecular flexibility index (Phi) is 6.74. The molecule has 0 radical (unpaired) electrons. The molecule has 0 spiro atoms. The van der Waals surface area contributed by atoms with Crippen LogP contribution in [0, 0.1) is 5.92 Å². The van der Waals surface area contributed by atoms with Gasteiger partial charge in [0, 0.05) is 11.3 Å². The molecule has 90 valence electrons. The molecule has 1 nitrogen and oxygen atoms in total. The van der Waals surface area contributed by atoms with Crippen LogP contribution in [-0.4, -0.2) is 24.1 Å². The summed E-state index contributed by atoms with van der Waals surface area (Å²) >= 11 is 2.06.